The first-order valence-corrected chi connectivity index (χ1v) is 6.94. The average Bonchev–Trinajstić information content (AvgIpc) is 2.97. The summed E-state index contributed by atoms with van der Waals surface area (Å²) in [4.78, 5) is 12.3. The number of aromatic nitrogens is 1. The average molecular weight is 274 g/mol. The molecule has 0 N–H and O–H groups in total. The van der Waals surface area contributed by atoms with Crippen molar-refractivity contribution >= 4 is 0 Å². The smallest absolute Gasteiger partial charge is 0.269 e. The molecule has 0 bridgehead atoms. The minimum Gasteiger partial charge on any atom is -0.296 e. The molecular formula is C18H14N2O. The molecule has 3 nitrogen and oxygen atoms in total. The van der Waals surface area contributed by atoms with Crippen LogP contribution in [0.15, 0.2) is 35.1 Å². The summed E-state index contributed by atoms with van der Waals surface area (Å²) in [6.07, 6.45) is 8.76. The number of aryl methyl sites for hydroxylation is 2. The van der Waals surface area contributed by atoms with Gasteiger partial charge in [-0.25, -0.2) is 0 Å². The third-order valence-corrected chi connectivity index (χ3v) is 3.94. The van der Waals surface area contributed by atoms with Crippen LogP contribution in [-0.2, 0) is 19.4 Å². The zero-order valence-corrected chi connectivity index (χ0v) is 11.6. The maximum atomic E-state index is 12.3. The molecule has 3 rings (SSSR count). The van der Waals surface area contributed by atoms with E-state index in [-0.39, 0.29) is 17.7 Å². The summed E-state index contributed by atoms with van der Waals surface area (Å²) < 4.78 is 1.50. The first-order valence-electron chi connectivity index (χ1n) is 6.94. The number of hydrogen-bond donors (Lipinski definition) is 0. The molecule has 0 unspecified atom stereocenters. The van der Waals surface area contributed by atoms with Crippen LogP contribution < -0.4 is 5.56 Å². The van der Waals surface area contributed by atoms with Gasteiger partial charge in [0, 0.05) is 0 Å². The minimum atomic E-state index is -0.326. The van der Waals surface area contributed by atoms with Gasteiger partial charge in [-0.15, -0.1) is 6.42 Å². The molecule has 1 aromatic heterocycles. The first-order chi connectivity index (χ1) is 10.2. The Morgan fingerprint density at radius 1 is 1.19 bits per heavy atom. The Balaban J connectivity index is 2.19. The molecule has 0 saturated heterocycles. The molecule has 0 spiro atoms. The lowest BCUT2D eigenvalue weighted by Crippen LogP contribution is -2.23. The topological polar surface area (TPSA) is 45.8 Å². The molecule has 0 fully saturated rings. The van der Waals surface area contributed by atoms with Gasteiger partial charge in [0.25, 0.3) is 5.56 Å². The van der Waals surface area contributed by atoms with Crippen molar-refractivity contribution in [3.05, 3.63) is 57.4 Å². The lowest BCUT2D eigenvalue weighted by atomic mass is 10.0. The van der Waals surface area contributed by atoms with Crippen molar-refractivity contribution in [3.8, 4) is 29.7 Å². The number of pyridine rings is 1. The highest BCUT2D eigenvalue weighted by molar-refractivity contribution is 5.63. The summed E-state index contributed by atoms with van der Waals surface area (Å²) in [6.45, 7) is 0.167. The molecule has 1 aliphatic rings. The highest BCUT2D eigenvalue weighted by atomic mass is 16.1. The van der Waals surface area contributed by atoms with Crippen LogP contribution in [0, 0.1) is 23.7 Å². The number of nitrogens with zero attached hydrogens (tertiary/aromatic N) is 2. The van der Waals surface area contributed by atoms with Crippen molar-refractivity contribution in [2.24, 2.45) is 0 Å². The number of hydrogen-bond acceptors (Lipinski definition) is 2. The Kier molecular flexibility index (Phi) is 3.34. The van der Waals surface area contributed by atoms with Crippen LogP contribution in [0.4, 0.5) is 0 Å². The van der Waals surface area contributed by atoms with E-state index >= 15 is 0 Å². The summed E-state index contributed by atoms with van der Waals surface area (Å²) in [5.74, 6) is 2.49. The molecule has 0 amide bonds. The highest BCUT2D eigenvalue weighted by Gasteiger charge is 2.14. The van der Waals surface area contributed by atoms with Gasteiger partial charge in [0.2, 0.25) is 0 Å². The molecule has 0 radical (unpaired) electrons. The van der Waals surface area contributed by atoms with Crippen molar-refractivity contribution in [1.29, 1.82) is 5.26 Å². The number of nitriles is 1. The van der Waals surface area contributed by atoms with Crippen molar-refractivity contribution in [3.63, 3.8) is 0 Å². The third kappa shape index (κ3) is 2.24. The second-order valence-corrected chi connectivity index (χ2v) is 5.18. The van der Waals surface area contributed by atoms with Gasteiger partial charge in [-0.2, -0.15) is 5.26 Å². The van der Waals surface area contributed by atoms with Crippen molar-refractivity contribution in [2.45, 2.75) is 25.8 Å². The number of fused-ring (bicyclic) bond motifs is 1. The van der Waals surface area contributed by atoms with Gasteiger partial charge >= 0.3 is 0 Å². The Hall–Kier alpha value is -2.78. The molecule has 0 atom stereocenters. The van der Waals surface area contributed by atoms with E-state index in [1.165, 1.54) is 22.1 Å². The van der Waals surface area contributed by atoms with Crippen molar-refractivity contribution in [2.75, 3.05) is 0 Å². The van der Waals surface area contributed by atoms with Gasteiger partial charge < -0.3 is 0 Å². The van der Waals surface area contributed by atoms with Gasteiger partial charge in [0.15, 0.2) is 0 Å². The van der Waals surface area contributed by atoms with Crippen LogP contribution in [0.5, 0.6) is 0 Å². The van der Waals surface area contributed by atoms with Gasteiger partial charge in [-0.3, -0.25) is 9.36 Å². The van der Waals surface area contributed by atoms with Crippen LogP contribution in [-0.4, -0.2) is 4.57 Å². The zero-order valence-electron chi connectivity index (χ0n) is 11.6. The second-order valence-electron chi connectivity index (χ2n) is 5.18. The number of terminal acetylenes is 1. The van der Waals surface area contributed by atoms with E-state index in [4.69, 9.17) is 11.7 Å². The minimum absolute atomic E-state index is 0.121. The molecule has 0 saturated carbocycles. The van der Waals surface area contributed by atoms with Crippen LogP contribution in [0.3, 0.4) is 0 Å². The summed E-state index contributed by atoms with van der Waals surface area (Å²) in [6, 6.07) is 11.6. The maximum absolute atomic E-state index is 12.3. The fraction of sp³-hybridized carbons (Fsp3) is 0.222. The quantitative estimate of drug-likeness (QED) is 0.790. The molecule has 2 aromatic rings. The normalized spacial score (nSPS) is 12.5. The largest absolute Gasteiger partial charge is 0.296 e. The summed E-state index contributed by atoms with van der Waals surface area (Å²) in [5, 5.41) is 8.98. The SMILES string of the molecule is C#CCn1c(-c2ccc3c(c2)CCC3)ccc(C#N)c1=O. The summed E-state index contributed by atoms with van der Waals surface area (Å²) in [5.41, 5.74) is 4.28. The van der Waals surface area contributed by atoms with Gasteiger partial charge in [-0.1, -0.05) is 18.1 Å². The molecule has 102 valence electrons. The third-order valence-electron chi connectivity index (χ3n) is 3.94. The van der Waals surface area contributed by atoms with Crippen molar-refractivity contribution in [1.82, 2.24) is 4.57 Å². The number of benzene rings is 1. The highest BCUT2D eigenvalue weighted by Crippen LogP contribution is 2.27. The fourth-order valence-corrected chi connectivity index (χ4v) is 2.89. The fourth-order valence-electron chi connectivity index (χ4n) is 2.89. The van der Waals surface area contributed by atoms with E-state index in [0.717, 1.165) is 24.1 Å². The Bertz CT molecular complexity index is 847. The molecule has 1 aromatic carbocycles. The van der Waals surface area contributed by atoms with Gasteiger partial charge in [0.1, 0.15) is 11.6 Å². The summed E-state index contributed by atoms with van der Waals surface area (Å²) in [7, 11) is 0. The molecule has 21 heavy (non-hydrogen) atoms. The van der Waals surface area contributed by atoms with Crippen molar-refractivity contribution < 1.29 is 0 Å². The predicted octanol–water partition coefficient (Wildman–Crippen LogP) is 2.51. The number of rotatable bonds is 2. The molecule has 1 heterocycles. The lowest BCUT2D eigenvalue weighted by Gasteiger charge is -2.12. The molecule has 3 heteroatoms. The Labute approximate surface area is 123 Å². The van der Waals surface area contributed by atoms with Crippen LogP contribution in [0.25, 0.3) is 11.3 Å². The lowest BCUT2D eigenvalue weighted by molar-refractivity contribution is 0.802. The van der Waals surface area contributed by atoms with E-state index in [1.807, 2.05) is 12.1 Å². The molecule has 1 aliphatic carbocycles. The van der Waals surface area contributed by atoms with Gasteiger partial charge in [0.05, 0.1) is 12.2 Å². The van der Waals surface area contributed by atoms with E-state index in [1.54, 1.807) is 12.1 Å². The Morgan fingerprint density at radius 2 is 2.00 bits per heavy atom. The van der Waals surface area contributed by atoms with Gasteiger partial charge in [-0.05, 0) is 54.2 Å². The second kappa shape index (κ2) is 5.31. The Morgan fingerprint density at radius 3 is 2.76 bits per heavy atom. The molecular weight excluding hydrogens is 260 g/mol. The standard InChI is InChI=1S/C18H14N2O/c1-2-10-20-17(9-8-16(12-19)18(20)21)15-7-6-13-4-3-5-14(13)11-15/h1,6-9,11H,3-5,10H2. The predicted molar refractivity (Wildman–Crippen MR) is 81.7 cm³/mol. The maximum Gasteiger partial charge on any atom is 0.269 e. The monoisotopic (exact) mass is 274 g/mol. The summed E-state index contributed by atoms with van der Waals surface area (Å²) >= 11 is 0. The van der Waals surface area contributed by atoms with E-state index in [0.29, 0.717) is 0 Å². The van der Waals surface area contributed by atoms with Crippen LogP contribution in [0.1, 0.15) is 23.1 Å². The van der Waals surface area contributed by atoms with E-state index < -0.39 is 0 Å². The van der Waals surface area contributed by atoms with Crippen LogP contribution in [0.2, 0.25) is 0 Å². The first kappa shape index (κ1) is 13.2. The zero-order chi connectivity index (χ0) is 14.8. The van der Waals surface area contributed by atoms with E-state index in [9.17, 15) is 4.79 Å². The van der Waals surface area contributed by atoms with E-state index in [2.05, 4.69) is 18.1 Å². The molecule has 0 aliphatic heterocycles. The van der Waals surface area contributed by atoms with Crippen LogP contribution >= 0.6 is 0 Å².